The first kappa shape index (κ1) is 31.9. The van der Waals surface area contributed by atoms with Gasteiger partial charge in [0, 0.05) is 25.8 Å². The summed E-state index contributed by atoms with van der Waals surface area (Å²) >= 11 is 0. The van der Waals surface area contributed by atoms with E-state index in [9.17, 15) is 0 Å². The fourth-order valence-electron chi connectivity index (χ4n) is 6.78. The Labute approximate surface area is 266 Å². The molecule has 0 atom stereocenters. The van der Waals surface area contributed by atoms with Crippen LogP contribution in [0.1, 0.15) is 86.1 Å². The van der Waals surface area contributed by atoms with Gasteiger partial charge in [0.1, 0.15) is 0 Å². The quantitative estimate of drug-likeness (QED) is 0.247. The van der Waals surface area contributed by atoms with Gasteiger partial charge in [-0.15, -0.1) is 0 Å². The molecule has 0 saturated heterocycles. The van der Waals surface area contributed by atoms with Crippen LogP contribution in [0.5, 0.6) is 0 Å². The average molecular weight is 720 g/mol. The molecule has 4 aromatic rings. The third-order valence-electron chi connectivity index (χ3n) is 8.45. The van der Waals surface area contributed by atoms with Crippen LogP contribution in [0.15, 0.2) is 72.8 Å². The molecule has 0 fully saturated rings. The summed E-state index contributed by atoms with van der Waals surface area (Å²) in [5.74, 6) is 0. The van der Waals surface area contributed by atoms with E-state index in [2.05, 4.69) is 114 Å². The van der Waals surface area contributed by atoms with Crippen LogP contribution in [-0.4, -0.2) is 0 Å². The van der Waals surface area contributed by atoms with Crippen LogP contribution in [0.25, 0.3) is 22.3 Å². The van der Waals surface area contributed by atoms with E-state index in [0.29, 0.717) is 0 Å². The van der Waals surface area contributed by atoms with Crippen molar-refractivity contribution in [2.24, 2.45) is 0 Å². The second kappa shape index (κ2) is 11.7. The molecule has 0 saturated carbocycles. The maximum Gasteiger partial charge on any atom is 0 e. The van der Waals surface area contributed by atoms with E-state index in [1.54, 1.807) is 22.3 Å². The van der Waals surface area contributed by atoms with E-state index in [0.717, 1.165) is 25.7 Å². The molecule has 39 heavy (non-hydrogen) atoms. The first-order valence-corrected chi connectivity index (χ1v) is 13.6. The third kappa shape index (κ3) is 5.61. The van der Waals surface area contributed by atoms with Gasteiger partial charge in [0.05, 0.1) is 0 Å². The van der Waals surface area contributed by atoms with Gasteiger partial charge in [-0.25, -0.2) is 0 Å². The van der Waals surface area contributed by atoms with Crippen LogP contribution in [0, 0.1) is 0 Å². The Hall–Kier alpha value is -1.67. The zero-order chi connectivity index (χ0) is 25.2. The number of rotatable bonds is 3. The van der Waals surface area contributed by atoms with Crippen LogP contribution in [0.3, 0.4) is 0 Å². The average Bonchev–Trinajstić information content (AvgIpc) is 3.39. The van der Waals surface area contributed by atoms with Gasteiger partial charge in [0.15, 0.2) is 0 Å². The van der Waals surface area contributed by atoms with Gasteiger partial charge in [-0.3, -0.25) is 0 Å². The molecular weight excluding hydrogens is 682 g/mol. The summed E-state index contributed by atoms with van der Waals surface area (Å²) in [7, 11) is 0. The maximum absolute atomic E-state index is 2.42. The van der Waals surface area contributed by atoms with Gasteiger partial charge in [-0.05, 0) is 103 Å². The molecule has 0 spiro atoms. The summed E-state index contributed by atoms with van der Waals surface area (Å²) in [6, 6.07) is 27.6. The first-order chi connectivity index (χ1) is 17.1. The normalized spacial score (nSPS) is 12.8. The molecule has 0 amide bonds. The van der Waals surface area contributed by atoms with Crippen LogP contribution >= 0.6 is 0 Å². The monoisotopic (exact) mass is 720 g/mol. The van der Waals surface area contributed by atoms with Crippen molar-refractivity contribution in [3.05, 3.63) is 117 Å². The summed E-state index contributed by atoms with van der Waals surface area (Å²) in [5, 5.41) is 0. The first-order valence-electron chi connectivity index (χ1n) is 13.6. The van der Waals surface area contributed by atoms with Gasteiger partial charge in [0.25, 0.3) is 0 Å². The molecule has 202 valence electrons. The fraction of sp³-hybridized carbons (Fsp3) is 0.333. The van der Waals surface area contributed by atoms with Crippen LogP contribution in [0.4, 0.5) is 0 Å². The Morgan fingerprint density at radius 1 is 0.487 bits per heavy atom. The Bertz CT molecular complexity index is 1390. The van der Waals surface area contributed by atoms with Crippen molar-refractivity contribution in [1.29, 1.82) is 0 Å². The van der Waals surface area contributed by atoms with Crippen molar-refractivity contribution in [3.63, 3.8) is 0 Å². The number of benzene rings is 4. The number of fused-ring (bicyclic) bond motifs is 6. The van der Waals surface area contributed by atoms with E-state index in [1.807, 2.05) is 0 Å². The zero-order valence-electron chi connectivity index (χ0n) is 24.0. The standard InChI is InChI=1S/C36H38.2ClH.Hf/c1-35(2,3)33-19-17-27-25-13-9-7-11-23(25)21-31(27)29(33)15-16-30-32-22-24-12-8-10-14-26(24)28(32)18-20-34(30)36(4,5)6;;;/h7-14,17-20H,15-16,21-22H2,1-6H3;2*1H;/p-2. The van der Waals surface area contributed by atoms with Gasteiger partial charge >= 0.3 is 0 Å². The molecule has 6 rings (SSSR count). The van der Waals surface area contributed by atoms with Crippen molar-refractivity contribution < 1.29 is 50.7 Å². The maximum atomic E-state index is 2.42. The molecular formula is C36H38Cl2Hf-2. The molecule has 4 aromatic carbocycles. The number of hydrogen-bond donors (Lipinski definition) is 0. The van der Waals surface area contributed by atoms with Gasteiger partial charge in [-0.2, -0.15) is 0 Å². The molecule has 0 heterocycles. The number of halogens is 2. The molecule has 0 nitrogen and oxygen atoms in total. The summed E-state index contributed by atoms with van der Waals surface area (Å²) < 4.78 is 0. The zero-order valence-corrected chi connectivity index (χ0v) is 29.1. The molecule has 0 aromatic heterocycles. The van der Waals surface area contributed by atoms with Gasteiger partial charge in [0.2, 0.25) is 0 Å². The van der Waals surface area contributed by atoms with E-state index in [-0.39, 0.29) is 61.5 Å². The minimum absolute atomic E-state index is 0. The topological polar surface area (TPSA) is 0 Å². The molecule has 0 aliphatic heterocycles. The predicted molar refractivity (Wildman–Crippen MR) is 154 cm³/mol. The Kier molecular flexibility index (Phi) is 9.53. The Morgan fingerprint density at radius 2 is 0.846 bits per heavy atom. The van der Waals surface area contributed by atoms with Crippen molar-refractivity contribution in [2.45, 2.75) is 78.1 Å². The van der Waals surface area contributed by atoms with Gasteiger partial charge in [-0.1, -0.05) is 114 Å². The minimum Gasteiger partial charge on any atom is -1.00 e. The molecule has 2 aliphatic rings. The predicted octanol–water partition coefficient (Wildman–Crippen LogP) is 3.21. The van der Waals surface area contributed by atoms with E-state index >= 15 is 0 Å². The smallest absolute Gasteiger partial charge is 0 e. The second-order valence-electron chi connectivity index (χ2n) is 12.9. The van der Waals surface area contributed by atoms with Crippen molar-refractivity contribution in [3.8, 4) is 22.3 Å². The van der Waals surface area contributed by atoms with E-state index < -0.39 is 0 Å². The molecule has 0 bridgehead atoms. The molecule has 0 unspecified atom stereocenters. The van der Waals surface area contributed by atoms with Gasteiger partial charge < -0.3 is 24.8 Å². The largest absolute Gasteiger partial charge is 1.00 e. The number of hydrogen-bond acceptors (Lipinski definition) is 0. The molecule has 2 aliphatic carbocycles. The summed E-state index contributed by atoms with van der Waals surface area (Å²) in [6.07, 6.45) is 4.32. The van der Waals surface area contributed by atoms with E-state index in [1.165, 1.54) is 44.5 Å². The van der Waals surface area contributed by atoms with Crippen LogP contribution in [-0.2, 0) is 62.4 Å². The molecule has 0 N–H and O–H groups in total. The summed E-state index contributed by atoms with van der Waals surface area (Å²) in [6.45, 7) is 14.2. The summed E-state index contributed by atoms with van der Waals surface area (Å²) in [4.78, 5) is 0. The fourth-order valence-corrected chi connectivity index (χ4v) is 6.78. The summed E-state index contributed by atoms with van der Waals surface area (Å²) in [5.41, 5.74) is 18.3. The Morgan fingerprint density at radius 3 is 1.21 bits per heavy atom. The molecule has 0 radical (unpaired) electrons. The van der Waals surface area contributed by atoms with E-state index in [4.69, 9.17) is 0 Å². The van der Waals surface area contributed by atoms with Crippen molar-refractivity contribution in [2.75, 3.05) is 0 Å². The van der Waals surface area contributed by atoms with Crippen molar-refractivity contribution in [1.82, 2.24) is 0 Å². The second-order valence-corrected chi connectivity index (χ2v) is 12.9. The van der Waals surface area contributed by atoms with Crippen molar-refractivity contribution >= 4 is 0 Å². The Balaban J connectivity index is 0.00000140. The van der Waals surface area contributed by atoms with Crippen LogP contribution < -0.4 is 24.8 Å². The molecule has 3 heteroatoms. The SMILES string of the molecule is CC(C)(C)c1ccc2c(c1CCc1c(C(C)(C)C)ccc3c1Cc1ccccc1-3)Cc1ccccc1-2.[Cl-].[Cl-].[Hf]. The minimum atomic E-state index is 0. The third-order valence-corrected chi connectivity index (χ3v) is 8.45. The van der Waals surface area contributed by atoms with Crippen LogP contribution in [0.2, 0.25) is 0 Å².